The fourth-order valence-corrected chi connectivity index (χ4v) is 5.36. The summed E-state index contributed by atoms with van der Waals surface area (Å²) in [5, 5.41) is 0.706. The standard InChI is InChI=1S/C19H26ClNO3S/c1-12(2)25(23)13(3)19(15-4-5-15)21-17(10-24-11-18(21)22)14-6-8-16(20)9-7-14/h6-9,12-13,15,17,19H,4-5,10-11H2,1-3H3. The van der Waals surface area contributed by atoms with Crippen molar-refractivity contribution in [1.29, 1.82) is 0 Å². The predicted octanol–water partition coefficient (Wildman–Crippen LogP) is 3.56. The Balaban J connectivity index is 1.94. The Morgan fingerprint density at radius 3 is 2.40 bits per heavy atom. The van der Waals surface area contributed by atoms with Crippen LogP contribution in [0.15, 0.2) is 24.3 Å². The second kappa shape index (κ2) is 7.77. The Morgan fingerprint density at radius 2 is 1.84 bits per heavy atom. The van der Waals surface area contributed by atoms with E-state index in [0.717, 1.165) is 18.4 Å². The maximum Gasteiger partial charge on any atom is 0.249 e. The Bertz CT molecular complexity index is 645. The summed E-state index contributed by atoms with van der Waals surface area (Å²) in [6, 6.07) is 7.45. The molecule has 0 radical (unpaired) electrons. The van der Waals surface area contributed by atoms with Crippen LogP contribution in [-0.4, -0.2) is 44.8 Å². The summed E-state index contributed by atoms with van der Waals surface area (Å²) in [5.74, 6) is 0.435. The lowest BCUT2D eigenvalue weighted by atomic mass is 9.98. The fourth-order valence-electron chi connectivity index (χ4n) is 3.74. The summed E-state index contributed by atoms with van der Waals surface area (Å²) < 4.78 is 18.3. The van der Waals surface area contributed by atoms with Crippen LogP contribution in [-0.2, 0) is 20.3 Å². The lowest BCUT2D eigenvalue weighted by Crippen LogP contribution is -2.55. The van der Waals surface area contributed by atoms with E-state index in [4.69, 9.17) is 16.3 Å². The van der Waals surface area contributed by atoms with E-state index in [-0.39, 0.29) is 35.1 Å². The number of hydrogen-bond donors (Lipinski definition) is 0. The van der Waals surface area contributed by atoms with E-state index in [1.807, 2.05) is 49.9 Å². The second-order valence-corrected chi connectivity index (χ2v) is 10.1. The first-order valence-electron chi connectivity index (χ1n) is 8.94. The third-order valence-electron chi connectivity index (χ3n) is 5.12. The molecule has 1 amide bonds. The number of ether oxygens (including phenoxy) is 1. The van der Waals surface area contributed by atoms with Crippen molar-refractivity contribution in [2.45, 2.75) is 56.2 Å². The van der Waals surface area contributed by atoms with Crippen molar-refractivity contribution >= 4 is 28.3 Å². The largest absolute Gasteiger partial charge is 0.369 e. The number of morpholine rings is 1. The van der Waals surface area contributed by atoms with Gasteiger partial charge in [0.2, 0.25) is 5.91 Å². The van der Waals surface area contributed by atoms with E-state index in [0.29, 0.717) is 17.5 Å². The Kier molecular flexibility index (Phi) is 5.86. The monoisotopic (exact) mass is 383 g/mol. The summed E-state index contributed by atoms with van der Waals surface area (Å²) in [4.78, 5) is 14.8. The van der Waals surface area contributed by atoms with Crippen LogP contribution in [0, 0.1) is 5.92 Å². The van der Waals surface area contributed by atoms with E-state index >= 15 is 0 Å². The minimum Gasteiger partial charge on any atom is -0.369 e. The van der Waals surface area contributed by atoms with Crippen LogP contribution in [0.1, 0.15) is 45.2 Å². The Hall–Kier alpha value is -0.910. The average Bonchev–Trinajstić information content (AvgIpc) is 3.41. The van der Waals surface area contributed by atoms with Crippen LogP contribution in [0.3, 0.4) is 0 Å². The van der Waals surface area contributed by atoms with Crippen LogP contribution < -0.4 is 0 Å². The SMILES string of the molecule is CC(C)S(=O)C(C)C(C1CC1)N1C(=O)COCC1c1ccc(Cl)cc1. The Labute approximate surface area is 157 Å². The zero-order valence-corrected chi connectivity index (χ0v) is 16.6. The quantitative estimate of drug-likeness (QED) is 0.754. The molecular weight excluding hydrogens is 358 g/mol. The molecule has 4 nitrogen and oxygen atoms in total. The molecule has 1 saturated carbocycles. The van der Waals surface area contributed by atoms with Crippen molar-refractivity contribution in [2.24, 2.45) is 5.92 Å². The van der Waals surface area contributed by atoms with Gasteiger partial charge in [-0.15, -0.1) is 0 Å². The molecule has 0 bridgehead atoms. The van der Waals surface area contributed by atoms with Gasteiger partial charge in [-0.2, -0.15) is 0 Å². The molecule has 4 unspecified atom stereocenters. The molecule has 1 aliphatic carbocycles. The van der Waals surface area contributed by atoms with E-state index in [2.05, 4.69) is 0 Å². The molecule has 1 aromatic rings. The average molecular weight is 384 g/mol. The minimum atomic E-state index is -0.975. The lowest BCUT2D eigenvalue weighted by molar-refractivity contribution is -0.153. The van der Waals surface area contributed by atoms with E-state index in [1.165, 1.54) is 0 Å². The molecule has 0 N–H and O–H groups in total. The number of benzene rings is 1. The third-order valence-corrected chi connectivity index (χ3v) is 7.31. The highest BCUT2D eigenvalue weighted by atomic mass is 35.5. The van der Waals surface area contributed by atoms with Crippen molar-refractivity contribution in [3.8, 4) is 0 Å². The van der Waals surface area contributed by atoms with E-state index in [9.17, 15) is 9.00 Å². The topological polar surface area (TPSA) is 46.6 Å². The molecule has 1 aliphatic heterocycles. The van der Waals surface area contributed by atoms with Crippen LogP contribution in [0.25, 0.3) is 0 Å². The van der Waals surface area contributed by atoms with Crippen molar-refractivity contribution in [3.63, 3.8) is 0 Å². The molecule has 0 aromatic heterocycles. The first kappa shape index (κ1) is 18.9. The van der Waals surface area contributed by atoms with Gasteiger partial charge in [-0.3, -0.25) is 9.00 Å². The number of hydrogen-bond acceptors (Lipinski definition) is 3. The highest BCUT2D eigenvalue weighted by molar-refractivity contribution is 7.86. The molecule has 1 saturated heterocycles. The smallest absolute Gasteiger partial charge is 0.249 e. The van der Waals surface area contributed by atoms with Crippen molar-refractivity contribution in [3.05, 3.63) is 34.9 Å². The summed E-state index contributed by atoms with van der Waals surface area (Å²) in [6.07, 6.45) is 2.20. The molecule has 6 heteroatoms. The molecule has 0 spiro atoms. The lowest BCUT2D eigenvalue weighted by Gasteiger charge is -2.44. The van der Waals surface area contributed by atoms with Gasteiger partial charge in [-0.05, 0) is 43.4 Å². The normalized spacial score (nSPS) is 25.1. The van der Waals surface area contributed by atoms with Gasteiger partial charge < -0.3 is 9.64 Å². The van der Waals surface area contributed by atoms with Gasteiger partial charge in [0.25, 0.3) is 0 Å². The van der Waals surface area contributed by atoms with Gasteiger partial charge in [0.15, 0.2) is 0 Å². The van der Waals surface area contributed by atoms with Crippen LogP contribution >= 0.6 is 11.6 Å². The number of carbonyl (C=O) groups is 1. The Morgan fingerprint density at radius 1 is 1.20 bits per heavy atom. The fraction of sp³-hybridized carbons (Fsp3) is 0.632. The summed E-state index contributed by atoms with van der Waals surface area (Å²) in [7, 11) is -0.975. The first-order valence-corrected chi connectivity index (χ1v) is 10.6. The second-order valence-electron chi connectivity index (χ2n) is 7.29. The predicted molar refractivity (Wildman–Crippen MR) is 101 cm³/mol. The molecule has 1 heterocycles. The summed E-state index contributed by atoms with van der Waals surface area (Å²) in [5.41, 5.74) is 1.02. The summed E-state index contributed by atoms with van der Waals surface area (Å²) >= 11 is 6.01. The molecule has 25 heavy (non-hydrogen) atoms. The molecule has 138 valence electrons. The highest BCUT2D eigenvalue weighted by Crippen LogP contribution is 2.42. The number of halogens is 1. The van der Waals surface area contributed by atoms with Gasteiger partial charge in [-0.1, -0.05) is 37.6 Å². The first-order chi connectivity index (χ1) is 11.9. The van der Waals surface area contributed by atoms with Gasteiger partial charge in [-0.25, -0.2) is 0 Å². The summed E-state index contributed by atoms with van der Waals surface area (Å²) in [6.45, 7) is 6.56. The number of amides is 1. The maximum atomic E-state index is 12.8. The van der Waals surface area contributed by atoms with Gasteiger partial charge in [0.1, 0.15) is 6.61 Å². The van der Waals surface area contributed by atoms with Gasteiger partial charge >= 0.3 is 0 Å². The third kappa shape index (κ3) is 4.09. The van der Waals surface area contributed by atoms with E-state index < -0.39 is 10.8 Å². The van der Waals surface area contributed by atoms with E-state index in [1.54, 1.807) is 0 Å². The van der Waals surface area contributed by atoms with Crippen molar-refractivity contribution < 1.29 is 13.7 Å². The van der Waals surface area contributed by atoms with Crippen molar-refractivity contribution in [1.82, 2.24) is 4.90 Å². The zero-order valence-electron chi connectivity index (χ0n) is 15.0. The van der Waals surface area contributed by atoms with Gasteiger partial charge in [0, 0.05) is 27.1 Å². The molecule has 4 atom stereocenters. The number of nitrogens with zero attached hydrogens (tertiary/aromatic N) is 1. The van der Waals surface area contributed by atoms with Crippen LogP contribution in [0.5, 0.6) is 0 Å². The van der Waals surface area contributed by atoms with Gasteiger partial charge in [0.05, 0.1) is 17.9 Å². The molecule has 1 aromatic carbocycles. The highest BCUT2D eigenvalue weighted by Gasteiger charge is 2.46. The molecule has 3 rings (SSSR count). The number of carbonyl (C=O) groups excluding carboxylic acids is 1. The van der Waals surface area contributed by atoms with Crippen LogP contribution in [0.4, 0.5) is 0 Å². The molecule has 2 aliphatic rings. The molecular formula is C19H26ClNO3S. The molecule has 2 fully saturated rings. The van der Waals surface area contributed by atoms with Crippen molar-refractivity contribution in [2.75, 3.05) is 13.2 Å². The van der Waals surface area contributed by atoms with Crippen LogP contribution in [0.2, 0.25) is 5.02 Å². The maximum absolute atomic E-state index is 12.8. The number of rotatable bonds is 6. The minimum absolute atomic E-state index is 0.000288. The zero-order chi connectivity index (χ0) is 18.1.